The Bertz CT molecular complexity index is 1140. The molecule has 65 heavy (non-hydrogen) atoms. The average Bonchev–Trinajstić information content (AvgIpc) is 3.30. The summed E-state index contributed by atoms with van der Waals surface area (Å²) in [5.41, 5.74) is 0. The third-order valence-corrected chi connectivity index (χ3v) is 12.3. The van der Waals surface area contributed by atoms with E-state index in [-0.39, 0.29) is 31.1 Å². The van der Waals surface area contributed by atoms with Crippen molar-refractivity contribution in [2.75, 3.05) is 13.2 Å². The van der Waals surface area contributed by atoms with Crippen molar-refractivity contribution in [2.24, 2.45) is 0 Å². The van der Waals surface area contributed by atoms with Gasteiger partial charge in [0.2, 0.25) is 0 Å². The SMILES string of the molecule is CC/C=C\C/C=C\C/C=C\C/C=C\CCCCCCCCC(=O)OC(COC(=O)CCCCCCCCC)COC(=O)CCCCCCCCCCCCCCCCCCCCCCC. The number of hydrogen-bond donors (Lipinski definition) is 0. The number of hydrogen-bond acceptors (Lipinski definition) is 6. The Labute approximate surface area is 403 Å². The molecule has 0 amide bonds. The minimum atomic E-state index is -0.775. The van der Waals surface area contributed by atoms with Crippen LogP contribution in [0.15, 0.2) is 48.6 Å². The summed E-state index contributed by atoms with van der Waals surface area (Å²) in [6.07, 6.45) is 65.5. The Morgan fingerprint density at radius 2 is 0.600 bits per heavy atom. The van der Waals surface area contributed by atoms with E-state index in [9.17, 15) is 14.4 Å². The van der Waals surface area contributed by atoms with Gasteiger partial charge in [-0.15, -0.1) is 0 Å². The van der Waals surface area contributed by atoms with Crippen molar-refractivity contribution >= 4 is 17.9 Å². The number of rotatable bonds is 51. The molecule has 0 rings (SSSR count). The lowest BCUT2D eigenvalue weighted by atomic mass is 10.0. The summed E-state index contributed by atoms with van der Waals surface area (Å²) in [5, 5.41) is 0. The minimum Gasteiger partial charge on any atom is -0.462 e. The standard InChI is InChI=1S/C59H106O6/c1-4-7-10-13-16-18-20-22-24-26-28-29-31-32-34-36-38-40-43-46-49-52-58(61)64-55-56(54-63-57(60)51-48-45-42-15-12-9-6-3)65-59(62)53-50-47-44-41-39-37-35-33-30-27-25-23-21-19-17-14-11-8-5-2/h8,11,17,19,23,25,30,33,56H,4-7,9-10,12-16,18,20-22,24,26-29,31-32,34-55H2,1-3H3/b11-8-,19-17-,25-23-,33-30-. The van der Waals surface area contributed by atoms with Crippen LogP contribution in [-0.4, -0.2) is 37.2 Å². The zero-order chi connectivity index (χ0) is 47.2. The van der Waals surface area contributed by atoms with E-state index in [4.69, 9.17) is 14.2 Å². The quantitative estimate of drug-likeness (QED) is 0.0262. The molecule has 0 spiro atoms. The monoisotopic (exact) mass is 911 g/mol. The lowest BCUT2D eigenvalue weighted by Crippen LogP contribution is -2.30. The molecule has 378 valence electrons. The van der Waals surface area contributed by atoms with Crippen molar-refractivity contribution < 1.29 is 28.6 Å². The summed E-state index contributed by atoms with van der Waals surface area (Å²) in [4.78, 5) is 37.9. The van der Waals surface area contributed by atoms with Gasteiger partial charge in [0.05, 0.1) is 0 Å². The third kappa shape index (κ3) is 52.2. The van der Waals surface area contributed by atoms with E-state index < -0.39 is 6.10 Å². The van der Waals surface area contributed by atoms with E-state index in [0.717, 1.165) is 96.3 Å². The molecule has 0 aliphatic heterocycles. The molecule has 1 atom stereocenters. The van der Waals surface area contributed by atoms with E-state index in [1.54, 1.807) is 0 Å². The summed E-state index contributed by atoms with van der Waals surface area (Å²) in [6.45, 7) is 6.51. The smallest absolute Gasteiger partial charge is 0.306 e. The average molecular weight is 911 g/mol. The second kappa shape index (κ2) is 54.0. The van der Waals surface area contributed by atoms with Gasteiger partial charge in [0.1, 0.15) is 13.2 Å². The van der Waals surface area contributed by atoms with Crippen LogP contribution < -0.4 is 0 Å². The van der Waals surface area contributed by atoms with Crippen LogP contribution in [0.1, 0.15) is 290 Å². The van der Waals surface area contributed by atoms with E-state index in [1.807, 2.05) is 0 Å². The van der Waals surface area contributed by atoms with Crippen LogP contribution in [0.2, 0.25) is 0 Å². The highest BCUT2D eigenvalue weighted by molar-refractivity contribution is 5.71. The van der Waals surface area contributed by atoms with Gasteiger partial charge in [-0.2, -0.15) is 0 Å². The number of carbonyl (C=O) groups is 3. The molecule has 0 aromatic carbocycles. The molecular weight excluding hydrogens is 805 g/mol. The summed E-state index contributed by atoms with van der Waals surface area (Å²) in [6, 6.07) is 0. The van der Waals surface area contributed by atoms with E-state index in [2.05, 4.69) is 69.4 Å². The van der Waals surface area contributed by atoms with Crippen LogP contribution in [0.25, 0.3) is 0 Å². The van der Waals surface area contributed by atoms with E-state index >= 15 is 0 Å². The minimum absolute atomic E-state index is 0.0756. The topological polar surface area (TPSA) is 78.9 Å². The molecule has 0 bridgehead atoms. The maximum absolute atomic E-state index is 12.8. The van der Waals surface area contributed by atoms with Gasteiger partial charge >= 0.3 is 17.9 Å². The van der Waals surface area contributed by atoms with Gasteiger partial charge in [-0.1, -0.05) is 262 Å². The second-order valence-electron chi connectivity index (χ2n) is 18.8. The summed E-state index contributed by atoms with van der Waals surface area (Å²) in [5.74, 6) is -0.884. The van der Waals surface area contributed by atoms with Crippen molar-refractivity contribution in [1.29, 1.82) is 0 Å². The highest BCUT2D eigenvalue weighted by Crippen LogP contribution is 2.17. The molecule has 0 aliphatic rings. The van der Waals surface area contributed by atoms with Crippen molar-refractivity contribution in [3.8, 4) is 0 Å². The second-order valence-corrected chi connectivity index (χ2v) is 18.8. The van der Waals surface area contributed by atoms with Crippen molar-refractivity contribution in [2.45, 2.75) is 297 Å². The molecular formula is C59H106O6. The first-order valence-electron chi connectivity index (χ1n) is 28.1. The molecule has 0 aromatic rings. The van der Waals surface area contributed by atoms with E-state index in [1.165, 1.54) is 154 Å². The van der Waals surface area contributed by atoms with Gasteiger partial charge in [0.25, 0.3) is 0 Å². The lowest BCUT2D eigenvalue weighted by Gasteiger charge is -2.18. The highest BCUT2D eigenvalue weighted by Gasteiger charge is 2.19. The predicted octanol–water partition coefficient (Wildman–Crippen LogP) is 18.7. The molecule has 0 fully saturated rings. The Morgan fingerprint density at radius 3 is 0.938 bits per heavy atom. The first-order chi connectivity index (χ1) is 32.0. The molecule has 0 heterocycles. The number of esters is 3. The van der Waals surface area contributed by atoms with Crippen LogP contribution in [0.3, 0.4) is 0 Å². The van der Waals surface area contributed by atoms with E-state index in [0.29, 0.717) is 19.3 Å². The zero-order valence-electron chi connectivity index (χ0n) is 43.3. The Morgan fingerprint density at radius 1 is 0.323 bits per heavy atom. The molecule has 0 radical (unpaired) electrons. The number of carbonyl (C=O) groups excluding carboxylic acids is 3. The van der Waals surface area contributed by atoms with Crippen LogP contribution >= 0.6 is 0 Å². The molecule has 1 unspecified atom stereocenters. The van der Waals surface area contributed by atoms with Crippen LogP contribution in [0.5, 0.6) is 0 Å². The fraction of sp³-hybridized carbons (Fsp3) is 0.814. The lowest BCUT2D eigenvalue weighted by molar-refractivity contribution is -0.167. The van der Waals surface area contributed by atoms with Crippen LogP contribution in [0.4, 0.5) is 0 Å². The predicted molar refractivity (Wildman–Crippen MR) is 279 cm³/mol. The van der Waals surface area contributed by atoms with Crippen molar-refractivity contribution in [1.82, 2.24) is 0 Å². The van der Waals surface area contributed by atoms with Gasteiger partial charge in [0, 0.05) is 19.3 Å². The van der Waals surface area contributed by atoms with Crippen molar-refractivity contribution in [3.05, 3.63) is 48.6 Å². The fourth-order valence-corrected chi connectivity index (χ4v) is 8.14. The van der Waals surface area contributed by atoms with Crippen molar-refractivity contribution in [3.63, 3.8) is 0 Å². The largest absolute Gasteiger partial charge is 0.462 e. The maximum atomic E-state index is 12.8. The molecule has 0 saturated carbocycles. The Hall–Kier alpha value is -2.63. The molecule has 0 saturated heterocycles. The van der Waals surface area contributed by atoms with Gasteiger partial charge in [-0.05, 0) is 57.8 Å². The zero-order valence-corrected chi connectivity index (χ0v) is 43.3. The molecule has 6 heteroatoms. The Balaban J connectivity index is 4.19. The molecule has 0 aromatic heterocycles. The maximum Gasteiger partial charge on any atom is 0.306 e. The van der Waals surface area contributed by atoms with Gasteiger partial charge < -0.3 is 14.2 Å². The van der Waals surface area contributed by atoms with Gasteiger partial charge in [-0.25, -0.2) is 0 Å². The van der Waals surface area contributed by atoms with Crippen LogP contribution in [0, 0.1) is 0 Å². The molecule has 6 nitrogen and oxygen atoms in total. The Kier molecular flexibility index (Phi) is 51.8. The van der Waals surface area contributed by atoms with Gasteiger partial charge in [-0.3, -0.25) is 14.4 Å². The first-order valence-corrected chi connectivity index (χ1v) is 28.1. The number of allylic oxidation sites excluding steroid dienone is 8. The summed E-state index contributed by atoms with van der Waals surface area (Å²) < 4.78 is 16.8. The number of unbranched alkanes of at least 4 members (excludes halogenated alkanes) is 32. The number of ether oxygens (including phenoxy) is 3. The molecule has 0 N–H and O–H groups in total. The third-order valence-electron chi connectivity index (χ3n) is 12.3. The first kappa shape index (κ1) is 62.4. The van der Waals surface area contributed by atoms with Gasteiger partial charge in [0.15, 0.2) is 6.10 Å². The highest BCUT2D eigenvalue weighted by atomic mass is 16.6. The summed E-state index contributed by atoms with van der Waals surface area (Å²) in [7, 11) is 0. The van der Waals surface area contributed by atoms with Crippen LogP contribution in [-0.2, 0) is 28.6 Å². The fourth-order valence-electron chi connectivity index (χ4n) is 8.14. The normalized spacial score (nSPS) is 12.4. The summed E-state index contributed by atoms with van der Waals surface area (Å²) >= 11 is 0. The molecule has 0 aliphatic carbocycles.